The van der Waals surface area contributed by atoms with Gasteiger partial charge in [0.15, 0.2) is 0 Å². The molecule has 0 saturated carbocycles. The Bertz CT molecular complexity index is 406. The second-order valence-corrected chi connectivity index (χ2v) is 6.11. The quantitative estimate of drug-likeness (QED) is 0.852. The molecule has 0 aliphatic heterocycles. The van der Waals surface area contributed by atoms with Crippen molar-refractivity contribution in [3.63, 3.8) is 0 Å². The lowest BCUT2D eigenvalue weighted by molar-refractivity contribution is -0.158. The SMILES string of the molecule is C[C@@H](NC(=O)Cc1cccs1)C(=O)OC(C)(C)C. The summed E-state index contributed by atoms with van der Waals surface area (Å²) < 4.78 is 5.18. The lowest BCUT2D eigenvalue weighted by Crippen LogP contribution is -2.42. The first kappa shape index (κ1) is 14.7. The van der Waals surface area contributed by atoms with Gasteiger partial charge in [0.2, 0.25) is 5.91 Å². The lowest BCUT2D eigenvalue weighted by atomic mass is 10.2. The summed E-state index contributed by atoms with van der Waals surface area (Å²) in [5, 5.41) is 4.55. The molecule has 1 rings (SSSR count). The fourth-order valence-corrected chi connectivity index (χ4v) is 2.02. The Labute approximate surface area is 111 Å². The van der Waals surface area contributed by atoms with Crippen LogP contribution >= 0.6 is 11.3 Å². The van der Waals surface area contributed by atoms with Crippen LogP contribution in [0.5, 0.6) is 0 Å². The topological polar surface area (TPSA) is 55.4 Å². The zero-order chi connectivity index (χ0) is 13.8. The number of rotatable bonds is 4. The molecule has 1 amide bonds. The van der Waals surface area contributed by atoms with Crippen LogP contribution < -0.4 is 5.32 Å². The molecule has 0 spiro atoms. The maximum atomic E-state index is 11.7. The summed E-state index contributed by atoms with van der Waals surface area (Å²) in [6.07, 6.45) is 0.296. The lowest BCUT2D eigenvalue weighted by Gasteiger charge is -2.22. The van der Waals surface area contributed by atoms with Crippen LogP contribution in [0.25, 0.3) is 0 Å². The van der Waals surface area contributed by atoms with Crippen molar-refractivity contribution in [2.45, 2.75) is 45.8 Å². The van der Waals surface area contributed by atoms with E-state index in [1.165, 1.54) is 11.3 Å². The molecule has 0 unspecified atom stereocenters. The molecule has 5 heteroatoms. The summed E-state index contributed by atoms with van der Waals surface area (Å²) in [6.45, 7) is 7.02. The molecule has 1 aromatic heterocycles. The standard InChI is InChI=1S/C13H19NO3S/c1-9(12(16)17-13(2,3)4)14-11(15)8-10-6-5-7-18-10/h5-7,9H,8H2,1-4H3,(H,14,15)/t9-/m1/s1. The molecule has 0 aliphatic rings. The number of carbonyl (C=O) groups is 2. The molecule has 1 atom stereocenters. The highest BCUT2D eigenvalue weighted by Gasteiger charge is 2.22. The Morgan fingerprint density at radius 3 is 2.61 bits per heavy atom. The van der Waals surface area contributed by atoms with E-state index in [2.05, 4.69) is 5.32 Å². The van der Waals surface area contributed by atoms with E-state index in [9.17, 15) is 9.59 Å². The predicted molar refractivity (Wildman–Crippen MR) is 71.5 cm³/mol. The van der Waals surface area contributed by atoms with Gasteiger partial charge < -0.3 is 10.1 Å². The van der Waals surface area contributed by atoms with E-state index < -0.39 is 17.6 Å². The fraction of sp³-hybridized carbons (Fsp3) is 0.538. The van der Waals surface area contributed by atoms with E-state index in [1.807, 2.05) is 17.5 Å². The molecule has 4 nitrogen and oxygen atoms in total. The fourth-order valence-electron chi connectivity index (χ4n) is 1.31. The van der Waals surface area contributed by atoms with Crippen LogP contribution in [-0.4, -0.2) is 23.5 Å². The third kappa shape index (κ3) is 5.31. The van der Waals surface area contributed by atoms with Crippen molar-refractivity contribution in [3.05, 3.63) is 22.4 Å². The first-order valence-electron chi connectivity index (χ1n) is 5.82. The molecule has 0 aromatic carbocycles. The number of nitrogens with one attached hydrogen (secondary N) is 1. The van der Waals surface area contributed by atoms with E-state index in [-0.39, 0.29) is 5.91 Å². The van der Waals surface area contributed by atoms with E-state index in [4.69, 9.17) is 4.74 Å². The maximum Gasteiger partial charge on any atom is 0.328 e. The molecule has 1 aromatic rings. The summed E-state index contributed by atoms with van der Waals surface area (Å²) in [4.78, 5) is 24.3. The Morgan fingerprint density at radius 2 is 2.11 bits per heavy atom. The smallest absolute Gasteiger partial charge is 0.328 e. The number of carbonyl (C=O) groups excluding carboxylic acids is 2. The van der Waals surface area contributed by atoms with Gasteiger partial charge in [-0.2, -0.15) is 0 Å². The van der Waals surface area contributed by atoms with Crippen molar-refractivity contribution < 1.29 is 14.3 Å². The van der Waals surface area contributed by atoms with Gasteiger partial charge in [0.05, 0.1) is 6.42 Å². The minimum absolute atomic E-state index is 0.171. The Kier molecular flexibility index (Phi) is 4.90. The molecule has 18 heavy (non-hydrogen) atoms. The summed E-state index contributed by atoms with van der Waals surface area (Å²) in [6, 6.07) is 3.16. The second kappa shape index (κ2) is 6.00. The van der Waals surface area contributed by atoms with Gasteiger partial charge in [-0.25, -0.2) is 4.79 Å². The van der Waals surface area contributed by atoms with Crippen molar-refractivity contribution in [1.82, 2.24) is 5.32 Å². The molecule has 0 fully saturated rings. The van der Waals surface area contributed by atoms with Crippen molar-refractivity contribution >= 4 is 23.2 Å². The van der Waals surface area contributed by atoms with Crippen LogP contribution in [-0.2, 0) is 20.7 Å². The van der Waals surface area contributed by atoms with Crippen LogP contribution in [0, 0.1) is 0 Å². The van der Waals surface area contributed by atoms with E-state index >= 15 is 0 Å². The van der Waals surface area contributed by atoms with E-state index in [1.54, 1.807) is 27.7 Å². The van der Waals surface area contributed by atoms with Crippen LogP contribution in [0.4, 0.5) is 0 Å². The molecule has 0 saturated heterocycles. The van der Waals surface area contributed by atoms with E-state index in [0.717, 1.165) is 4.88 Å². The molecule has 1 N–H and O–H groups in total. The molecule has 1 heterocycles. The maximum absolute atomic E-state index is 11.7. The zero-order valence-electron chi connectivity index (χ0n) is 11.1. The number of hydrogen-bond donors (Lipinski definition) is 1. The van der Waals surface area contributed by atoms with Crippen molar-refractivity contribution in [2.75, 3.05) is 0 Å². The zero-order valence-corrected chi connectivity index (χ0v) is 12.0. The Hall–Kier alpha value is -1.36. The number of hydrogen-bond acceptors (Lipinski definition) is 4. The van der Waals surface area contributed by atoms with Gasteiger partial charge >= 0.3 is 5.97 Å². The first-order chi connectivity index (χ1) is 8.28. The monoisotopic (exact) mass is 269 g/mol. The average Bonchev–Trinajstić information content (AvgIpc) is 2.67. The third-order valence-corrected chi connectivity index (χ3v) is 2.93. The van der Waals surface area contributed by atoms with Gasteiger partial charge in [0.25, 0.3) is 0 Å². The Balaban J connectivity index is 2.42. The summed E-state index contributed by atoms with van der Waals surface area (Å²) in [7, 11) is 0. The van der Waals surface area contributed by atoms with Crippen molar-refractivity contribution in [3.8, 4) is 0 Å². The number of esters is 1. The van der Waals surface area contributed by atoms with Crippen molar-refractivity contribution in [2.24, 2.45) is 0 Å². The normalized spacial score (nSPS) is 12.9. The highest BCUT2D eigenvalue weighted by Crippen LogP contribution is 2.10. The van der Waals surface area contributed by atoms with Crippen LogP contribution in [0.2, 0.25) is 0 Å². The molecular formula is C13H19NO3S. The average molecular weight is 269 g/mol. The van der Waals surface area contributed by atoms with Crippen molar-refractivity contribution in [1.29, 1.82) is 0 Å². The minimum atomic E-state index is -0.628. The summed E-state index contributed by atoms with van der Waals surface area (Å²) in [5.74, 6) is -0.585. The van der Waals surface area contributed by atoms with Gasteiger partial charge in [-0.15, -0.1) is 11.3 Å². The van der Waals surface area contributed by atoms with Gasteiger partial charge in [0.1, 0.15) is 11.6 Å². The molecule has 100 valence electrons. The van der Waals surface area contributed by atoms with Gasteiger partial charge in [0, 0.05) is 4.88 Å². The number of thiophene rings is 1. The van der Waals surface area contributed by atoms with Crippen LogP contribution in [0.1, 0.15) is 32.6 Å². The van der Waals surface area contributed by atoms with Gasteiger partial charge in [-0.3, -0.25) is 4.79 Å². The molecule has 0 aliphatic carbocycles. The van der Waals surface area contributed by atoms with Crippen LogP contribution in [0.3, 0.4) is 0 Å². The summed E-state index contributed by atoms with van der Waals surface area (Å²) in [5.41, 5.74) is -0.538. The highest BCUT2D eigenvalue weighted by molar-refractivity contribution is 7.10. The predicted octanol–water partition coefficient (Wildman–Crippen LogP) is 2.14. The molecule has 0 radical (unpaired) electrons. The van der Waals surface area contributed by atoms with Crippen LogP contribution in [0.15, 0.2) is 17.5 Å². The largest absolute Gasteiger partial charge is 0.458 e. The first-order valence-corrected chi connectivity index (χ1v) is 6.70. The number of ether oxygens (including phenoxy) is 1. The van der Waals surface area contributed by atoms with Gasteiger partial charge in [-0.1, -0.05) is 6.07 Å². The minimum Gasteiger partial charge on any atom is -0.458 e. The summed E-state index contributed by atoms with van der Waals surface area (Å²) >= 11 is 1.52. The third-order valence-electron chi connectivity index (χ3n) is 2.05. The Morgan fingerprint density at radius 1 is 1.44 bits per heavy atom. The molecular weight excluding hydrogens is 250 g/mol. The van der Waals surface area contributed by atoms with E-state index in [0.29, 0.717) is 6.42 Å². The molecule has 0 bridgehead atoms. The second-order valence-electron chi connectivity index (χ2n) is 5.08. The number of amides is 1. The highest BCUT2D eigenvalue weighted by atomic mass is 32.1. The van der Waals surface area contributed by atoms with Gasteiger partial charge in [-0.05, 0) is 39.1 Å².